The first-order valence-electron chi connectivity index (χ1n) is 11.1. The first kappa shape index (κ1) is 25.6. The average molecular weight is 506 g/mol. The van der Waals surface area contributed by atoms with Crippen LogP contribution in [0.5, 0.6) is 0 Å². The number of rotatable bonds is 6. The predicted molar refractivity (Wildman–Crippen MR) is 137 cm³/mol. The Morgan fingerprint density at radius 1 is 0.941 bits per heavy atom. The lowest BCUT2D eigenvalue weighted by molar-refractivity contribution is -0.136. The van der Waals surface area contributed by atoms with Crippen LogP contribution in [0.3, 0.4) is 0 Å². The summed E-state index contributed by atoms with van der Waals surface area (Å²) in [4.78, 5) is 42.1. The van der Waals surface area contributed by atoms with Crippen molar-refractivity contribution in [3.63, 3.8) is 0 Å². The quantitative estimate of drug-likeness (QED) is 0.609. The summed E-state index contributed by atoms with van der Waals surface area (Å²) in [6, 6.07) is 12.4. The maximum absolute atomic E-state index is 12.6. The zero-order valence-corrected chi connectivity index (χ0v) is 21.0. The minimum Gasteiger partial charge on any atom is -0.368 e. The van der Waals surface area contributed by atoms with Crippen molar-refractivity contribution in [1.82, 2.24) is 9.80 Å². The zero-order chi connectivity index (χ0) is 24.8. The molecule has 1 fully saturated rings. The molecule has 0 saturated carbocycles. The van der Waals surface area contributed by atoms with Crippen molar-refractivity contribution in [1.29, 1.82) is 0 Å². The zero-order valence-electron chi connectivity index (χ0n) is 19.5. The Kier molecular flexibility index (Phi) is 8.63. The number of urea groups is 1. The van der Waals surface area contributed by atoms with Crippen LogP contribution in [0.1, 0.15) is 13.8 Å². The maximum atomic E-state index is 12.6. The second kappa shape index (κ2) is 11.4. The first-order chi connectivity index (χ1) is 16.2. The van der Waals surface area contributed by atoms with Gasteiger partial charge in [0.05, 0.1) is 22.3 Å². The van der Waals surface area contributed by atoms with Gasteiger partial charge in [-0.15, -0.1) is 0 Å². The van der Waals surface area contributed by atoms with Gasteiger partial charge in [0.2, 0.25) is 11.8 Å². The summed E-state index contributed by atoms with van der Waals surface area (Å²) >= 11 is 12.3. The van der Waals surface area contributed by atoms with Crippen LogP contribution in [-0.2, 0) is 9.59 Å². The molecule has 1 saturated heterocycles. The molecule has 0 aromatic heterocycles. The molecule has 0 spiro atoms. The first-order valence-corrected chi connectivity index (χ1v) is 11.8. The van der Waals surface area contributed by atoms with Crippen LogP contribution in [0, 0.1) is 5.92 Å². The van der Waals surface area contributed by atoms with Gasteiger partial charge in [-0.25, -0.2) is 4.79 Å². The molecule has 1 aliphatic rings. The number of hydrogen-bond donors (Lipinski definition) is 2. The standard InChI is InChI=1S/C24H29Cl2N5O3/c1-16(2)23(33)29(3)15-21(32)27-17-7-9-18(10-8-17)30-11-13-31(14-12-30)24(34)28-22-19(25)5-4-6-20(22)26/h4-10,16H,11-15H2,1-3H3,(H,27,32)(H,28,34). The Balaban J connectivity index is 1.49. The molecule has 2 aromatic rings. The number of anilines is 3. The Bertz CT molecular complexity index is 1020. The van der Waals surface area contributed by atoms with Gasteiger partial charge in [-0.1, -0.05) is 43.1 Å². The molecule has 8 nitrogen and oxygen atoms in total. The van der Waals surface area contributed by atoms with E-state index in [0.29, 0.717) is 47.6 Å². The molecule has 0 aliphatic carbocycles. The van der Waals surface area contributed by atoms with E-state index in [1.54, 1.807) is 44.0 Å². The molecule has 3 rings (SSSR count). The van der Waals surface area contributed by atoms with E-state index in [1.807, 2.05) is 24.3 Å². The van der Waals surface area contributed by atoms with Gasteiger partial charge in [0.1, 0.15) is 0 Å². The van der Waals surface area contributed by atoms with Gasteiger partial charge in [-0.3, -0.25) is 9.59 Å². The van der Waals surface area contributed by atoms with E-state index in [0.717, 1.165) is 5.69 Å². The van der Waals surface area contributed by atoms with Crippen molar-refractivity contribution in [2.75, 3.05) is 55.3 Å². The van der Waals surface area contributed by atoms with Crippen LogP contribution >= 0.6 is 23.2 Å². The SMILES string of the molecule is CC(C)C(=O)N(C)CC(=O)Nc1ccc(N2CCN(C(=O)Nc3c(Cl)cccc3Cl)CC2)cc1. The highest BCUT2D eigenvalue weighted by Gasteiger charge is 2.23. The van der Waals surface area contributed by atoms with Crippen molar-refractivity contribution < 1.29 is 14.4 Å². The molecule has 0 unspecified atom stereocenters. The summed E-state index contributed by atoms with van der Waals surface area (Å²) in [6.07, 6.45) is 0. The second-order valence-corrected chi connectivity index (χ2v) is 9.26. The number of para-hydroxylation sites is 1. The van der Waals surface area contributed by atoms with Gasteiger partial charge in [0.15, 0.2) is 0 Å². The minimum absolute atomic E-state index is 0.00218. The van der Waals surface area contributed by atoms with Crippen molar-refractivity contribution >= 4 is 58.1 Å². The van der Waals surface area contributed by atoms with E-state index >= 15 is 0 Å². The molecule has 182 valence electrons. The van der Waals surface area contributed by atoms with Crippen molar-refractivity contribution in [2.24, 2.45) is 5.92 Å². The fourth-order valence-corrected chi connectivity index (χ4v) is 4.15. The molecule has 1 heterocycles. The number of nitrogens with one attached hydrogen (secondary N) is 2. The summed E-state index contributed by atoms with van der Waals surface area (Å²) in [7, 11) is 1.62. The highest BCUT2D eigenvalue weighted by molar-refractivity contribution is 6.39. The van der Waals surface area contributed by atoms with E-state index in [1.165, 1.54) is 4.90 Å². The molecular formula is C24H29Cl2N5O3. The molecule has 0 bridgehead atoms. The smallest absolute Gasteiger partial charge is 0.322 e. The molecule has 0 atom stereocenters. The maximum Gasteiger partial charge on any atom is 0.322 e. The molecule has 1 aliphatic heterocycles. The molecule has 4 amide bonds. The summed E-state index contributed by atoms with van der Waals surface area (Å²) in [6.45, 7) is 6.02. The fraction of sp³-hybridized carbons (Fsp3) is 0.375. The number of carbonyl (C=O) groups is 3. The number of halogens is 2. The normalized spacial score (nSPS) is 13.6. The van der Waals surface area contributed by atoms with Crippen molar-refractivity contribution in [3.05, 3.63) is 52.5 Å². The lowest BCUT2D eigenvalue weighted by Crippen LogP contribution is -2.50. The van der Waals surface area contributed by atoms with Crippen molar-refractivity contribution in [3.8, 4) is 0 Å². The lowest BCUT2D eigenvalue weighted by Gasteiger charge is -2.36. The molecule has 0 radical (unpaired) electrons. The molecule has 2 aromatic carbocycles. The number of hydrogen-bond acceptors (Lipinski definition) is 4. The minimum atomic E-state index is -0.248. The summed E-state index contributed by atoms with van der Waals surface area (Å²) in [5, 5.41) is 6.40. The largest absolute Gasteiger partial charge is 0.368 e. The Hall–Kier alpha value is -2.97. The number of carbonyl (C=O) groups excluding carboxylic acids is 3. The Morgan fingerprint density at radius 3 is 2.09 bits per heavy atom. The Morgan fingerprint density at radius 2 is 1.53 bits per heavy atom. The van der Waals surface area contributed by atoms with Crippen LogP contribution in [0.2, 0.25) is 10.0 Å². The Labute approximate surface area is 209 Å². The highest BCUT2D eigenvalue weighted by atomic mass is 35.5. The summed E-state index contributed by atoms with van der Waals surface area (Å²) in [5.74, 6) is -0.478. The van der Waals surface area contributed by atoms with Crippen LogP contribution in [-0.4, -0.2) is 67.4 Å². The number of amides is 4. The van der Waals surface area contributed by atoms with E-state index in [-0.39, 0.29) is 30.3 Å². The third-order valence-corrected chi connectivity index (χ3v) is 6.16. The van der Waals surface area contributed by atoms with Gasteiger partial charge < -0.3 is 25.3 Å². The van der Waals surface area contributed by atoms with Gasteiger partial charge in [-0.05, 0) is 36.4 Å². The van der Waals surface area contributed by atoms with Crippen molar-refractivity contribution in [2.45, 2.75) is 13.8 Å². The van der Waals surface area contributed by atoms with E-state index in [4.69, 9.17) is 23.2 Å². The third kappa shape index (κ3) is 6.55. The van der Waals surface area contributed by atoms with Gasteiger partial charge in [-0.2, -0.15) is 0 Å². The van der Waals surface area contributed by atoms with Gasteiger partial charge in [0, 0.05) is 50.5 Å². The predicted octanol–water partition coefficient (Wildman–Crippen LogP) is 4.40. The number of nitrogens with zero attached hydrogens (tertiary/aromatic N) is 3. The fourth-order valence-electron chi connectivity index (χ4n) is 3.66. The molecule has 34 heavy (non-hydrogen) atoms. The van der Waals surface area contributed by atoms with Crippen LogP contribution in [0.4, 0.5) is 21.9 Å². The number of benzene rings is 2. The average Bonchev–Trinajstić information content (AvgIpc) is 2.81. The number of likely N-dealkylation sites (N-methyl/N-ethyl adjacent to an activating group) is 1. The summed E-state index contributed by atoms with van der Waals surface area (Å²) in [5.41, 5.74) is 2.07. The third-order valence-electron chi connectivity index (χ3n) is 5.53. The van der Waals surface area contributed by atoms with Gasteiger partial charge >= 0.3 is 6.03 Å². The van der Waals surface area contributed by atoms with E-state index < -0.39 is 0 Å². The van der Waals surface area contributed by atoms with Gasteiger partial charge in [0.25, 0.3) is 0 Å². The van der Waals surface area contributed by atoms with E-state index in [2.05, 4.69) is 15.5 Å². The topological polar surface area (TPSA) is 85.0 Å². The highest BCUT2D eigenvalue weighted by Crippen LogP contribution is 2.30. The molecule has 10 heteroatoms. The molecular weight excluding hydrogens is 477 g/mol. The molecule has 2 N–H and O–H groups in total. The summed E-state index contributed by atoms with van der Waals surface area (Å²) < 4.78 is 0. The van der Waals surface area contributed by atoms with Crippen LogP contribution < -0.4 is 15.5 Å². The van der Waals surface area contributed by atoms with Crippen LogP contribution in [0.25, 0.3) is 0 Å². The number of piperazine rings is 1. The monoisotopic (exact) mass is 505 g/mol. The lowest BCUT2D eigenvalue weighted by atomic mass is 10.2. The second-order valence-electron chi connectivity index (χ2n) is 8.44. The van der Waals surface area contributed by atoms with E-state index in [9.17, 15) is 14.4 Å². The van der Waals surface area contributed by atoms with Crippen LogP contribution in [0.15, 0.2) is 42.5 Å².